The van der Waals surface area contributed by atoms with Crippen molar-refractivity contribution in [2.24, 2.45) is 0 Å². The molecule has 0 radical (unpaired) electrons. The molecule has 2 aromatic rings. The summed E-state index contributed by atoms with van der Waals surface area (Å²) in [5.41, 5.74) is 0.900. The number of hydrogen-bond acceptors (Lipinski definition) is 8. The lowest BCUT2D eigenvalue weighted by Gasteiger charge is -2.41. The molecule has 2 aliphatic rings. The van der Waals surface area contributed by atoms with Crippen molar-refractivity contribution in [1.29, 1.82) is 0 Å². The van der Waals surface area contributed by atoms with E-state index in [-0.39, 0.29) is 12.0 Å². The monoisotopic (exact) mass is 489 g/mol. The van der Waals surface area contributed by atoms with Crippen molar-refractivity contribution in [1.82, 2.24) is 14.8 Å². The molecular formula is C25H35N3O5S. The van der Waals surface area contributed by atoms with Crippen LogP contribution < -0.4 is 18.9 Å². The summed E-state index contributed by atoms with van der Waals surface area (Å²) in [6.07, 6.45) is 7.17. The Kier molecular flexibility index (Phi) is 8.50. The first-order valence-corrected chi connectivity index (χ1v) is 12.9. The minimum absolute atomic E-state index is 0.189. The van der Waals surface area contributed by atoms with Gasteiger partial charge in [0.2, 0.25) is 5.91 Å². The maximum absolute atomic E-state index is 13.0. The minimum Gasteiger partial charge on any atom is -0.496 e. The third-order valence-electron chi connectivity index (χ3n) is 6.89. The number of rotatable bonds is 9. The average molecular weight is 490 g/mol. The van der Waals surface area contributed by atoms with Crippen molar-refractivity contribution in [2.45, 2.75) is 50.7 Å². The van der Waals surface area contributed by atoms with E-state index in [1.54, 1.807) is 38.9 Å². The number of aromatic nitrogens is 1. The molecule has 9 heteroatoms. The van der Waals surface area contributed by atoms with Crippen LogP contribution in [0.5, 0.6) is 22.4 Å². The summed E-state index contributed by atoms with van der Waals surface area (Å²) in [6.45, 7) is 3.73. The quantitative estimate of drug-likeness (QED) is 0.533. The summed E-state index contributed by atoms with van der Waals surface area (Å²) in [7, 11) is 4.86. The number of thiazole rings is 1. The van der Waals surface area contributed by atoms with Gasteiger partial charge in [0.1, 0.15) is 23.4 Å². The number of amides is 1. The Bertz CT molecular complexity index is 898. The van der Waals surface area contributed by atoms with E-state index in [1.807, 2.05) is 22.4 Å². The van der Waals surface area contributed by atoms with Crippen LogP contribution in [0.15, 0.2) is 23.7 Å². The van der Waals surface area contributed by atoms with Crippen LogP contribution in [-0.2, 0) is 11.2 Å². The van der Waals surface area contributed by atoms with Gasteiger partial charge in [-0.15, -0.1) is 0 Å². The number of hydrogen-bond donors (Lipinski definition) is 0. The van der Waals surface area contributed by atoms with Crippen molar-refractivity contribution < 1.29 is 23.7 Å². The van der Waals surface area contributed by atoms with Gasteiger partial charge in [-0.2, -0.15) is 0 Å². The molecule has 2 fully saturated rings. The molecule has 8 nitrogen and oxygen atoms in total. The van der Waals surface area contributed by atoms with Crippen LogP contribution in [-0.4, -0.2) is 80.3 Å². The molecule has 1 aromatic carbocycles. The summed E-state index contributed by atoms with van der Waals surface area (Å²) < 4.78 is 22.4. The summed E-state index contributed by atoms with van der Waals surface area (Å²) in [5.74, 6) is 2.23. The Morgan fingerprint density at radius 1 is 1.00 bits per heavy atom. The highest BCUT2D eigenvalue weighted by Crippen LogP contribution is 2.35. The van der Waals surface area contributed by atoms with Crippen LogP contribution in [0.1, 0.15) is 37.7 Å². The average Bonchev–Trinajstić information content (AvgIpc) is 3.40. The van der Waals surface area contributed by atoms with Crippen LogP contribution in [0.4, 0.5) is 0 Å². The Labute approximate surface area is 205 Å². The Morgan fingerprint density at radius 2 is 1.68 bits per heavy atom. The molecule has 1 amide bonds. The SMILES string of the molecule is COc1cc(OC)c(CCC(=O)N2CCC(N3CCC(Oc4nccs4)CC3)CC2)c(OC)c1. The van der Waals surface area contributed by atoms with E-state index in [0.29, 0.717) is 36.1 Å². The minimum atomic E-state index is 0.189. The number of likely N-dealkylation sites (tertiary alicyclic amines) is 2. The zero-order chi connectivity index (χ0) is 23.9. The predicted octanol–water partition coefficient (Wildman–Crippen LogP) is 3.64. The zero-order valence-electron chi connectivity index (χ0n) is 20.3. The smallest absolute Gasteiger partial charge is 0.273 e. The molecule has 0 N–H and O–H groups in total. The van der Waals surface area contributed by atoms with Gasteiger partial charge in [-0.05, 0) is 32.1 Å². The van der Waals surface area contributed by atoms with E-state index in [1.165, 1.54) is 0 Å². The first-order chi connectivity index (χ1) is 16.6. The molecule has 0 spiro atoms. The Morgan fingerprint density at radius 3 is 2.24 bits per heavy atom. The van der Waals surface area contributed by atoms with Crippen LogP contribution in [0.3, 0.4) is 0 Å². The number of ether oxygens (including phenoxy) is 4. The Balaban J connectivity index is 1.23. The van der Waals surface area contributed by atoms with Crippen molar-refractivity contribution in [2.75, 3.05) is 47.5 Å². The largest absolute Gasteiger partial charge is 0.496 e. The van der Waals surface area contributed by atoms with Crippen LogP contribution >= 0.6 is 11.3 Å². The molecule has 34 heavy (non-hydrogen) atoms. The van der Waals surface area contributed by atoms with Crippen LogP contribution in [0.25, 0.3) is 0 Å². The number of carbonyl (C=O) groups excluding carboxylic acids is 1. The standard InChI is InChI=1S/C25H35N3O5S/c1-30-20-16-22(31-2)21(23(17-20)32-3)4-5-24(29)28-11-6-18(7-12-28)27-13-8-19(9-14-27)33-25-26-10-15-34-25/h10,15-19H,4-9,11-14H2,1-3H3. The molecule has 4 rings (SSSR count). The molecule has 0 atom stereocenters. The lowest BCUT2D eigenvalue weighted by molar-refractivity contribution is -0.132. The van der Waals surface area contributed by atoms with Crippen molar-refractivity contribution in [3.8, 4) is 22.4 Å². The third kappa shape index (κ3) is 5.93. The predicted molar refractivity (Wildman–Crippen MR) is 131 cm³/mol. The highest BCUT2D eigenvalue weighted by Gasteiger charge is 2.30. The molecule has 0 unspecified atom stereocenters. The summed E-state index contributed by atoms with van der Waals surface area (Å²) in [5, 5.41) is 2.72. The van der Waals surface area contributed by atoms with E-state index >= 15 is 0 Å². The highest BCUT2D eigenvalue weighted by atomic mass is 32.1. The third-order valence-corrected chi connectivity index (χ3v) is 7.55. The lowest BCUT2D eigenvalue weighted by Crippen LogP contribution is -2.50. The maximum atomic E-state index is 13.0. The normalized spacial score (nSPS) is 18.0. The number of methoxy groups -OCH3 is 3. The van der Waals surface area contributed by atoms with Gasteiger partial charge < -0.3 is 23.8 Å². The molecule has 0 bridgehead atoms. The highest BCUT2D eigenvalue weighted by molar-refractivity contribution is 7.11. The van der Waals surface area contributed by atoms with Crippen molar-refractivity contribution >= 4 is 17.2 Å². The summed E-state index contributed by atoms with van der Waals surface area (Å²) >= 11 is 1.55. The first-order valence-electron chi connectivity index (χ1n) is 12.0. The van der Waals surface area contributed by atoms with E-state index < -0.39 is 0 Å². The fourth-order valence-corrected chi connectivity index (χ4v) is 5.52. The van der Waals surface area contributed by atoms with Gasteiger partial charge in [0, 0.05) is 67.9 Å². The van der Waals surface area contributed by atoms with Gasteiger partial charge in [0.05, 0.1) is 21.3 Å². The molecule has 186 valence electrons. The van der Waals surface area contributed by atoms with E-state index in [2.05, 4.69) is 9.88 Å². The molecule has 0 aliphatic carbocycles. The van der Waals surface area contributed by atoms with Crippen molar-refractivity contribution in [3.05, 3.63) is 29.3 Å². The first kappa shape index (κ1) is 24.6. The van der Waals surface area contributed by atoms with Gasteiger partial charge in [-0.25, -0.2) is 4.98 Å². The van der Waals surface area contributed by atoms with E-state index in [4.69, 9.17) is 18.9 Å². The number of carbonyl (C=O) groups is 1. The van der Waals surface area contributed by atoms with Crippen LogP contribution in [0.2, 0.25) is 0 Å². The van der Waals surface area contributed by atoms with Gasteiger partial charge in [0.25, 0.3) is 5.19 Å². The van der Waals surface area contributed by atoms with Gasteiger partial charge in [-0.1, -0.05) is 11.3 Å². The molecular weight excluding hydrogens is 454 g/mol. The fourth-order valence-electron chi connectivity index (χ4n) is 4.96. The molecule has 0 saturated carbocycles. The van der Waals surface area contributed by atoms with Gasteiger partial charge in [0.15, 0.2) is 0 Å². The van der Waals surface area contributed by atoms with E-state index in [9.17, 15) is 4.79 Å². The second-order valence-electron chi connectivity index (χ2n) is 8.77. The fraction of sp³-hybridized carbons (Fsp3) is 0.600. The second kappa shape index (κ2) is 11.8. The van der Waals surface area contributed by atoms with E-state index in [0.717, 1.165) is 62.6 Å². The molecule has 2 aliphatic heterocycles. The van der Waals surface area contributed by atoms with Crippen LogP contribution in [0, 0.1) is 0 Å². The summed E-state index contributed by atoms with van der Waals surface area (Å²) in [4.78, 5) is 21.8. The summed E-state index contributed by atoms with van der Waals surface area (Å²) in [6, 6.07) is 4.21. The van der Waals surface area contributed by atoms with Gasteiger partial charge >= 0.3 is 0 Å². The van der Waals surface area contributed by atoms with Crippen molar-refractivity contribution in [3.63, 3.8) is 0 Å². The lowest BCUT2D eigenvalue weighted by atomic mass is 9.98. The number of piperidine rings is 2. The second-order valence-corrected chi connectivity index (χ2v) is 9.63. The molecule has 3 heterocycles. The zero-order valence-corrected chi connectivity index (χ0v) is 21.1. The topological polar surface area (TPSA) is 73.4 Å². The number of nitrogens with zero attached hydrogens (tertiary/aromatic N) is 3. The molecule has 2 saturated heterocycles. The number of benzene rings is 1. The molecule has 1 aromatic heterocycles. The van der Waals surface area contributed by atoms with Gasteiger partial charge in [-0.3, -0.25) is 9.69 Å². The Hall–Kier alpha value is -2.52. The maximum Gasteiger partial charge on any atom is 0.273 e.